The fraction of sp³-hybridized carbons (Fsp3) is 0.353. The molecular weight excluding hydrogens is 248 g/mol. The van der Waals surface area contributed by atoms with Crippen LogP contribution in [0.4, 0.5) is 0 Å². The number of hydrogen-bond donors (Lipinski definition) is 1. The van der Waals surface area contributed by atoms with Crippen LogP contribution in [0.1, 0.15) is 20.3 Å². The van der Waals surface area contributed by atoms with Crippen LogP contribution in [-0.2, 0) is 0 Å². The van der Waals surface area contributed by atoms with E-state index >= 15 is 0 Å². The molecule has 1 aromatic carbocycles. The molecule has 0 saturated heterocycles. The first kappa shape index (κ1) is 14.5. The molecule has 106 valence electrons. The highest BCUT2D eigenvalue weighted by molar-refractivity contribution is 5.63. The highest BCUT2D eigenvalue weighted by Crippen LogP contribution is 2.21. The van der Waals surface area contributed by atoms with Crippen LogP contribution in [0.2, 0.25) is 0 Å². The second-order valence-electron chi connectivity index (χ2n) is 5.46. The van der Waals surface area contributed by atoms with Gasteiger partial charge in [0.15, 0.2) is 0 Å². The summed E-state index contributed by atoms with van der Waals surface area (Å²) in [5.74, 6) is 1.46. The normalized spacial score (nSPS) is 12.4. The lowest BCUT2D eigenvalue weighted by molar-refractivity contribution is 0.271. The molecule has 3 nitrogen and oxygen atoms in total. The molecule has 3 heteroatoms. The van der Waals surface area contributed by atoms with Crippen molar-refractivity contribution in [3.63, 3.8) is 0 Å². The Balaban J connectivity index is 1.92. The van der Waals surface area contributed by atoms with Crippen molar-refractivity contribution in [2.45, 2.75) is 26.3 Å². The van der Waals surface area contributed by atoms with E-state index in [1.54, 1.807) is 12.4 Å². The van der Waals surface area contributed by atoms with Crippen LogP contribution < -0.4 is 10.5 Å². The lowest BCUT2D eigenvalue weighted by Gasteiger charge is -2.15. The van der Waals surface area contributed by atoms with E-state index in [0.717, 1.165) is 23.3 Å². The first-order valence-electron chi connectivity index (χ1n) is 7.04. The Hall–Kier alpha value is -1.87. The Morgan fingerprint density at radius 2 is 1.60 bits per heavy atom. The summed E-state index contributed by atoms with van der Waals surface area (Å²) >= 11 is 0. The van der Waals surface area contributed by atoms with Crippen LogP contribution in [0.5, 0.6) is 5.75 Å². The number of ether oxygens (including phenoxy) is 1. The Kier molecular flexibility index (Phi) is 5.13. The van der Waals surface area contributed by atoms with Gasteiger partial charge in [-0.1, -0.05) is 26.0 Å². The fourth-order valence-electron chi connectivity index (χ4n) is 2.16. The summed E-state index contributed by atoms with van der Waals surface area (Å²) in [7, 11) is 0. The zero-order valence-corrected chi connectivity index (χ0v) is 12.1. The molecule has 20 heavy (non-hydrogen) atoms. The third-order valence-electron chi connectivity index (χ3n) is 3.11. The Morgan fingerprint density at radius 1 is 1.00 bits per heavy atom. The average Bonchev–Trinajstić information content (AvgIpc) is 2.46. The van der Waals surface area contributed by atoms with Gasteiger partial charge in [0, 0.05) is 18.4 Å². The topological polar surface area (TPSA) is 48.1 Å². The van der Waals surface area contributed by atoms with Crippen molar-refractivity contribution in [3.8, 4) is 16.9 Å². The second-order valence-corrected chi connectivity index (χ2v) is 5.46. The number of rotatable bonds is 6. The molecule has 0 aliphatic rings. The van der Waals surface area contributed by atoms with E-state index < -0.39 is 0 Å². The molecule has 2 N–H and O–H groups in total. The lowest BCUT2D eigenvalue weighted by atomic mass is 10.1. The summed E-state index contributed by atoms with van der Waals surface area (Å²) in [4.78, 5) is 4.02. The largest absolute Gasteiger partial charge is 0.492 e. The molecule has 0 saturated carbocycles. The van der Waals surface area contributed by atoms with Crippen molar-refractivity contribution in [3.05, 3.63) is 48.8 Å². The molecule has 0 amide bonds. The van der Waals surface area contributed by atoms with E-state index in [9.17, 15) is 0 Å². The van der Waals surface area contributed by atoms with Gasteiger partial charge in [-0.25, -0.2) is 0 Å². The van der Waals surface area contributed by atoms with Gasteiger partial charge in [0.05, 0.1) is 0 Å². The van der Waals surface area contributed by atoms with Crippen LogP contribution >= 0.6 is 0 Å². The number of aromatic nitrogens is 1. The van der Waals surface area contributed by atoms with Gasteiger partial charge >= 0.3 is 0 Å². The third-order valence-corrected chi connectivity index (χ3v) is 3.11. The fourth-order valence-corrected chi connectivity index (χ4v) is 2.16. The predicted molar refractivity (Wildman–Crippen MR) is 82.6 cm³/mol. The molecule has 0 radical (unpaired) electrons. The van der Waals surface area contributed by atoms with Crippen molar-refractivity contribution < 1.29 is 4.74 Å². The van der Waals surface area contributed by atoms with Gasteiger partial charge in [0.1, 0.15) is 12.4 Å². The highest BCUT2D eigenvalue weighted by atomic mass is 16.5. The van der Waals surface area contributed by atoms with Gasteiger partial charge in [0.25, 0.3) is 0 Å². The van der Waals surface area contributed by atoms with Crippen molar-refractivity contribution in [2.24, 2.45) is 11.7 Å². The maximum absolute atomic E-state index is 6.01. The van der Waals surface area contributed by atoms with Gasteiger partial charge in [-0.2, -0.15) is 0 Å². The summed E-state index contributed by atoms with van der Waals surface area (Å²) in [6.45, 7) is 4.90. The quantitative estimate of drug-likeness (QED) is 0.874. The Bertz CT molecular complexity index is 508. The molecule has 0 spiro atoms. The van der Waals surface area contributed by atoms with E-state index in [0.29, 0.717) is 12.5 Å². The molecule has 0 unspecified atom stereocenters. The van der Waals surface area contributed by atoms with Crippen LogP contribution in [0.15, 0.2) is 48.8 Å². The van der Waals surface area contributed by atoms with Gasteiger partial charge in [-0.15, -0.1) is 0 Å². The van der Waals surface area contributed by atoms with E-state index in [-0.39, 0.29) is 6.04 Å². The lowest BCUT2D eigenvalue weighted by Crippen LogP contribution is -2.29. The molecule has 0 bridgehead atoms. The van der Waals surface area contributed by atoms with Crippen LogP contribution in [0.3, 0.4) is 0 Å². The maximum atomic E-state index is 6.01. The van der Waals surface area contributed by atoms with Crippen molar-refractivity contribution >= 4 is 0 Å². The van der Waals surface area contributed by atoms with Crippen LogP contribution in [-0.4, -0.2) is 17.6 Å². The van der Waals surface area contributed by atoms with Gasteiger partial charge < -0.3 is 10.5 Å². The van der Waals surface area contributed by atoms with Gasteiger partial charge in [0.2, 0.25) is 0 Å². The zero-order valence-electron chi connectivity index (χ0n) is 12.1. The van der Waals surface area contributed by atoms with E-state index in [2.05, 4.69) is 31.0 Å². The molecule has 0 aliphatic carbocycles. The monoisotopic (exact) mass is 270 g/mol. The van der Waals surface area contributed by atoms with E-state index in [1.165, 1.54) is 0 Å². The molecule has 2 rings (SSSR count). The molecular formula is C17H22N2O. The third kappa shape index (κ3) is 4.35. The van der Waals surface area contributed by atoms with Crippen LogP contribution in [0, 0.1) is 5.92 Å². The minimum absolute atomic E-state index is 0.0925. The SMILES string of the molecule is CC(C)C[C@H](N)COc1ccc(-c2ccncc2)cc1. The number of nitrogens with zero attached hydrogens (tertiary/aromatic N) is 1. The molecule has 0 fully saturated rings. The Morgan fingerprint density at radius 3 is 2.20 bits per heavy atom. The average molecular weight is 270 g/mol. The summed E-state index contributed by atoms with van der Waals surface area (Å²) in [5.41, 5.74) is 8.33. The summed E-state index contributed by atoms with van der Waals surface area (Å²) in [5, 5.41) is 0. The zero-order chi connectivity index (χ0) is 14.4. The number of pyridine rings is 1. The van der Waals surface area contributed by atoms with Gasteiger partial charge in [-0.3, -0.25) is 4.98 Å². The summed E-state index contributed by atoms with van der Waals surface area (Å²) in [6, 6.07) is 12.2. The minimum atomic E-state index is 0.0925. The second kappa shape index (κ2) is 7.06. The van der Waals surface area contributed by atoms with Crippen molar-refractivity contribution in [2.75, 3.05) is 6.61 Å². The van der Waals surface area contributed by atoms with Crippen LogP contribution in [0.25, 0.3) is 11.1 Å². The smallest absolute Gasteiger partial charge is 0.119 e. The summed E-state index contributed by atoms with van der Waals surface area (Å²) < 4.78 is 5.72. The highest BCUT2D eigenvalue weighted by Gasteiger charge is 2.06. The maximum Gasteiger partial charge on any atom is 0.119 e. The van der Waals surface area contributed by atoms with E-state index in [1.807, 2.05) is 24.3 Å². The first-order chi connectivity index (χ1) is 9.65. The number of benzene rings is 1. The minimum Gasteiger partial charge on any atom is -0.492 e. The molecule has 1 heterocycles. The van der Waals surface area contributed by atoms with Crippen molar-refractivity contribution in [1.29, 1.82) is 0 Å². The first-order valence-corrected chi connectivity index (χ1v) is 7.04. The number of hydrogen-bond acceptors (Lipinski definition) is 3. The molecule has 2 aromatic rings. The Labute approximate surface area is 120 Å². The standard InChI is InChI=1S/C17H22N2O/c1-13(2)11-16(18)12-20-17-5-3-14(4-6-17)15-7-9-19-10-8-15/h3-10,13,16H,11-12,18H2,1-2H3/t16-/m0/s1. The molecule has 1 atom stereocenters. The van der Waals surface area contributed by atoms with E-state index in [4.69, 9.17) is 10.5 Å². The summed E-state index contributed by atoms with van der Waals surface area (Å²) in [6.07, 6.45) is 4.57. The molecule has 0 aliphatic heterocycles. The number of nitrogens with two attached hydrogens (primary N) is 1. The van der Waals surface area contributed by atoms with Crippen molar-refractivity contribution in [1.82, 2.24) is 4.98 Å². The molecule has 1 aromatic heterocycles. The van der Waals surface area contributed by atoms with Gasteiger partial charge in [-0.05, 0) is 47.7 Å². The predicted octanol–water partition coefficient (Wildman–Crippen LogP) is 3.50.